The molecule has 0 atom stereocenters. The zero-order valence-electron chi connectivity index (χ0n) is 13.2. The van der Waals surface area contributed by atoms with Crippen LogP contribution in [0.1, 0.15) is 21.5 Å². The number of carbonyl (C=O) groups is 1. The molecule has 0 saturated carbocycles. The molecule has 120 valence electrons. The molecule has 23 heavy (non-hydrogen) atoms. The number of amides is 1. The minimum absolute atomic E-state index is 0.0599. The van der Waals surface area contributed by atoms with E-state index >= 15 is 0 Å². The van der Waals surface area contributed by atoms with Gasteiger partial charge in [-0.2, -0.15) is 0 Å². The molecule has 0 aliphatic carbocycles. The number of hydrogen-bond acceptors (Lipinski definition) is 3. The lowest BCUT2D eigenvalue weighted by Gasteiger charge is -2.25. The Bertz CT molecular complexity index is 746. The largest absolute Gasteiger partial charge is 0.494 e. The van der Waals surface area contributed by atoms with Gasteiger partial charge in [-0.1, -0.05) is 6.07 Å². The van der Waals surface area contributed by atoms with Gasteiger partial charge < -0.3 is 15.0 Å². The minimum Gasteiger partial charge on any atom is -0.494 e. The van der Waals surface area contributed by atoms with Gasteiger partial charge in [0.15, 0.2) is 11.6 Å². The van der Waals surface area contributed by atoms with Crippen molar-refractivity contribution >= 4 is 11.6 Å². The van der Waals surface area contributed by atoms with E-state index < -0.39 is 5.82 Å². The van der Waals surface area contributed by atoms with Gasteiger partial charge in [-0.3, -0.25) is 4.79 Å². The molecule has 0 saturated heterocycles. The molecule has 3 rings (SSSR count). The molecular formula is C18H19FN2O2. The van der Waals surface area contributed by atoms with E-state index in [0.29, 0.717) is 5.56 Å². The van der Waals surface area contributed by atoms with Gasteiger partial charge >= 0.3 is 0 Å². The van der Waals surface area contributed by atoms with Crippen molar-refractivity contribution in [3.63, 3.8) is 0 Å². The zero-order valence-corrected chi connectivity index (χ0v) is 13.2. The van der Waals surface area contributed by atoms with Crippen LogP contribution < -0.4 is 10.1 Å². The zero-order chi connectivity index (χ0) is 16.4. The van der Waals surface area contributed by atoms with E-state index in [2.05, 4.69) is 23.3 Å². The van der Waals surface area contributed by atoms with E-state index in [1.807, 2.05) is 12.1 Å². The van der Waals surface area contributed by atoms with Crippen LogP contribution in [0.3, 0.4) is 0 Å². The van der Waals surface area contributed by atoms with Crippen molar-refractivity contribution in [2.24, 2.45) is 0 Å². The Balaban J connectivity index is 1.79. The summed E-state index contributed by atoms with van der Waals surface area (Å²) in [6, 6.07) is 10.0. The normalized spacial score (nSPS) is 14.2. The summed E-state index contributed by atoms with van der Waals surface area (Å²) in [5.41, 5.74) is 3.66. The summed E-state index contributed by atoms with van der Waals surface area (Å²) in [5, 5.41) is 2.86. The number of hydrogen-bond donors (Lipinski definition) is 1. The van der Waals surface area contributed by atoms with Crippen molar-refractivity contribution in [1.82, 2.24) is 4.90 Å². The highest BCUT2D eigenvalue weighted by atomic mass is 19.1. The number of carbonyl (C=O) groups excluding carboxylic acids is 1. The summed E-state index contributed by atoms with van der Waals surface area (Å²) in [6.45, 7) is 1.93. The van der Waals surface area contributed by atoms with E-state index in [0.717, 1.165) is 25.2 Å². The number of rotatable bonds is 3. The third-order valence-electron chi connectivity index (χ3n) is 4.08. The summed E-state index contributed by atoms with van der Waals surface area (Å²) in [4.78, 5) is 14.6. The molecule has 4 nitrogen and oxygen atoms in total. The average molecular weight is 314 g/mol. The van der Waals surface area contributed by atoms with Crippen LogP contribution in [-0.2, 0) is 13.0 Å². The second-order valence-electron chi connectivity index (χ2n) is 5.77. The maximum Gasteiger partial charge on any atom is 0.255 e. The summed E-state index contributed by atoms with van der Waals surface area (Å²) < 4.78 is 18.3. The Hall–Kier alpha value is -2.40. The van der Waals surface area contributed by atoms with E-state index in [9.17, 15) is 9.18 Å². The van der Waals surface area contributed by atoms with Gasteiger partial charge in [0.2, 0.25) is 0 Å². The summed E-state index contributed by atoms with van der Waals surface area (Å²) >= 11 is 0. The van der Waals surface area contributed by atoms with E-state index in [1.54, 1.807) is 0 Å². The number of nitrogens with zero attached hydrogens (tertiary/aromatic N) is 1. The molecule has 0 spiro atoms. The maximum atomic E-state index is 13.4. The Labute approximate surface area is 134 Å². The average Bonchev–Trinajstić information content (AvgIpc) is 2.54. The topological polar surface area (TPSA) is 41.6 Å². The van der Waals surface area contributed by atoms with Crippen molar-refractivity contribution in [2.75, 3.05) is 26.0 Å². The maximum absolute atomic E-state index is 13.4. The van der Waals surface area contributed by atoms with Crippen LogP contribution in [0.4, 0.5) is 10.1 Å². The number of halogens is 1. The Kier molecular flexibility index (Phi) is 4.30. The van der Waals surface area contributed by atoms with Crippen LogP contribution in [0.2, 0.25) is 0 Å². The highest BCUT2D eigenvalue weighted by molar-refractivity contribution is 6.04. The first-order chi connectivity index (χ1) is 11.1. The van der Waals surface area contributed by atoms with Crippen LogP contribution in [0.5, 0.6) is 5.75 Å². The lowest BCUT2D eigenvalue weighted by Crippen LogP contribution is -2.26. The van der Waals surface area contributed by atoms with E-state index in [-0.39, 0.29) is 11.7 Å². The summed E-state index contributed by atoms with van der Waals surface area (Å²) in [5.74, 6) is -0.710. The third kappa shape index (κ3) is 3.35. The molecule has 0 bridgehead atoms. The van der Waals surface area contributed by atoms with Crippen molar-refractivity contribution in [3.05, 3.63) is 58.9 Å². The molecular weight excluding hydrogens is 295 g/mol. The first-order valence-electron chi connectivity index (χ1n) is 7.52. The van der Waals surface area contributed by atoms with Crippen LogP contribution in [0.15, 0.2) is 36.4 Å². The number of benzene rings is 2. The number of likely N-dealkylation sites (N-methyl/N-ethyl adjacent to an activating group) is 1. The van der Waals surface area contributed by atoms with Gasteiger partial charge in [-0.15, -0.1) is 0 Å². The van der Waals surface area contributed by atoms with Gasteiger partial charge in [-0.05, 0) is 54.9 Å². The summed E-state index contributed by atoms with van der Waals surface area (Å²) in [7, 11) is 3.46. The minimum atomic E-state index is -0.485. The molecule has 1 aliphatic rings. The molecule has 0 unspecified atom stereocenters. The van der Waals surface area contributed by atoms with Crippen molar-refractivity contribution in [1.29, 1.82) is 0 Å². The van der Waals surface area contributed by atoms with E-state index in [1.165, 1.54) is 36.4 Å². The molecule has 1 heterocycles. The highest BCUT2D eigenvalue weighted by Crippen LogP contribution is 2.23. The number of methoxy groups -OCH3 is 1. The molecule has 1 aliphatic heterocycles. The Morgan fingerprint density at radius 2 is 2.04 bits per heavy atom. The molecule has 2 aromatic rings. The fraction of sp³-hybridized carbons (Fsp3) is 0.278. The fourth-order valence-electron chi connectivity index (χ4n) is 2.78. The number of fused-ring (bicyclic) bond motifs is 1. The quantitative estimate of drug-likeness (QED) is 0.946. The Morgan fingerprint density at radius 3 is 2.83 bits per heavy atom. The molecule has 0 fully saturated rings. The second-order valence-corrected chi connectivity index (χ2v) is 5.77. The van der Waals surface area contributed by atoms with Crippen molar-refractivity contribution < 1.29 is 13.9 Å². The number of ether oxygens (including phenoxy) is 1. The van der Waals surface area contributed by atoms with Crippen LogP contribution in [0, 0.1) is 5.82 Å². The molecule has 0 aromatic heterocycles. The van der Waals surface area contributed by atoms with Gasteiger partial charge in [0.05, 0.1) is 7.11 Å². The molecule has 1 amide bonds. The van der Waals surface area contributed by atoms with Crippen molar-refractivity contribution in [3.8, 4) is 5.75 Å². The first-order valence-corrected chi connectivity index (χ1v) is 7.52. The Morgan fingerprint density at radius 1 is 1.22 bits per heavy atom. The van der Waals surface area contributed by atoms with Crippen molar-refractivity contribution in [2.45, 2.75) is 13.0 Å². The SMILES string of the molecule is COc1cc(C(=O)Nc2ccc3c(c2)CN(C)CC3)ccc1F. The molecule has 5 heteroatoms. The lowest BCUT2D eigenvalue weighted by atomic mass is 9.99. The van der Waals surface area contributed by atoms with E-state index in [4.69, 9.17) is 4.74 Å². The highest BCUT2D eigenvalue weighted by Gasteiger charge is 2.15. The van der Waals surface area contributed by atoms with Crippen LogP contribution in [0.25, 0.3) is 0 Å². The van der Waals surface area contributed by atoms with Crippen LogP contribution in [-0.4, -0.2) is 31.5 Å². The van der Waals surface area contributed by atoms with Crippen LogP contribution >= 0.6 is 0 Å². The van der Waals surface area contributed by atoms with Gasteiger partial charge in [0, 0.05) is 24.3 Å². The smallest absolute Gasteiger partial charge is 0.255 e. The molecule has 2 aromatic carbocycles. The molecule has 0 radical (unpaired) electrons. The lowest BCUT2D eigenvalue weighted by molar-refractivity contribution is 0.102. The monoisotopic (exact) mass is 314 g/mol. The number of nitrogens with one attached hydrogen (secondary N) is 1. The standard InChI is InChI=1S/C18H19FN2O2/c1-21-8-7-12-3-5-15(9-14(12)11-21)20-18(22)13-4-6-16(19)17(10-13)23-2/h3-6,9-10H,7-8,11H2,1-2H3,(H,20,22). The fourth-order valence-corrected chi connectivity index (χ4v) is 2.78. The predicted octanol–water partition coefficient (Wildman–Crippen LogP) is 3.07. The third-order valence-corrected chi connectivity index (χ3v) is 4.08. The van der Waals surface area contributed by atoms with Gasteiger partial charge in [0.25, 0.3) is 5.91 Å². The summed E-state index contributed by atoms with van der Waals surface area (Å²) in [6.07, 6.45) is 1.02. The first kappa shape index (κ1) is 15.5. The predicted molar refractivity (Wildman–Crippen MR) is 87.4 cm³/mol. The second kappa shape index (κ2) is 6.38. The van der Waals surface area contributed by atoms with Gasteiger partial charge in [-0.25, -0.2) is 4.39 Å². The molecule has 1 N–H and O–H groups in total. The number of anilines is 1. The van der Waals surface area contributed by atoms with Gasteiger partial charge in [0.1, 0.15) is 0 Å².